The Morgan fingerprint density at radius 1 is 1.12 bits per heavy atom. The van der Waals surface area contributed by atoms with Crippen molar-refractivity contribution >= 4 is 28.8 Å². The maximum atomic E-state index is 13.1. The molecule has 6 nitrogen and oxygen atoms in total. The lowest BCUT2D eigenvalue weighted by atomic mass is 9.90. The normalized spacial score (nSPS) is 17.2. The molecule has 2 aliphatic rings. The molecule has 0 radical (unpaired) electrons. The lowest BCUT2D eigenvalue weighted by Gasteiger charge is -2.37. The minimum Gasteiger partial charge on any atom is -0.463 e. The quantitative estimate of drug-likeness (QED) is 0.561. The first-order valence-electron chi connectivity index (χ1n) is 11.4. The molecule has 0 fully saturated rings. The van der Waals surface area contributed by atoms with E-state index in [1.807, 2.05) is 67.5 Å². The van der Waals surface area contributed by atoms with Gasteiger partial charge in [-0.25, -0.2) is 9.79 Å². The van der Waals surface area contributed by atoms with Crippen molar-refractivity contribution in [3.63, 3.8) is 0 Å². The molecule has 2 heterocycles. The lowest BCUT2D eigenvalue weighted by molar-refractivity contribution is -0.139. The van der Waals surface area contributed by atoms with Crippen LogP contribution in [0.2, 0.25) is 0 Å². The van der Waals surface area contributed by atoms with Crippen molar-refractivity contribution < 1.29 is 14.3 Å². The first-order valence-corrected chi connectivity index (χ1v) is 12.3. The average molecular weight is 476 g/mol. The summed E-state index contributed by atoms with van der Waals surface area (Å²) in [5.74, 6) is -0.460. The average Bonchev–Trinajstić information content (AvgIpc) is 3.19. The molecule has 2 aliphatic heterocycles. The summed E-state index contributed by atoms with van der Waals surface area (Å²) < 4.78 is 5.42. The van der Waals surface area contributed by atoms with Crippen LogP contribution in [0.4, 0.5) is 0 Å². The molecule has 2 aromatic carbocycles. The van der Waals surface area contributed by atoms with Gasteiger partial charge in [0.25, 0.3) is 0 Å². The zero-order chi connectivity index (χ0) is 24.2. The van der Waals surface area contributed by atoms with Gasteiger partial charge in [-0.15, -0.1) is 0 Å². The molecule has 0 bridgehead atoms. The molecule has 0 saturated heterocycles. The number of fused-ring (bicyclic) bond motifs is 1. The van der Waals surface area contributed by atoms with Crippen LogP contribution in [-0.2, 0) is 20.9 Å². The summed E-state index contributed by atoms with van der Waals surface area (Å²) in [6.45, 7) is 8.49. The maximum Gasteiger partial charge on any atom is 0.338 e. The number of ether oxygens (including phenoxy) is 1. The van der Waals surface area contributed by atoms with Crippen molar-refractivity contribution in [1.29, 1.82) is 0 Å². The summed E-state index contributed by atoms with van der Waals surface area (Å²) in [5.41, 5.74) is 6.23. The third kappa shape index (κ3) is 4.94. The maximum absolute atomic E-state index is 13.1. The molecule has 1 amide bonds. The van der Waals surface area contributed by atoms with E-state index < -0.39 is 6.04 Å². The Kier molecular flexibility index (Phi) is 7.22. The van der Waals surface area contributed by atoms with Crippen LogP contribution in [0, 0.1) is 13.8 Å². The van der Waals surface area contributed by atoms with Crippen molar-refractivity contribution in [2.45, 2.75) is 46.7 Å². The molecule has 0 aromatic heterocycles. The molecule has 0 aliphatic carbocycles. The van der Waals surface area contributed by atoms with E-state index in [2.05, 4.69) is 17.4 Å². The smallest absolute Gasteiger partial charge is 0.338 e. The molecule has 0 unspecified atom stereocenters. The van der Waals surface area contributed by atoms with Crippen molar-refractivity contribution in [2.24, 2.45) is 4.99 Å². The number of allylic oxidation sites excluding steroid dienone is 1. The van der Waals surface area contributed by atoms with Crippen LogP contribution in [-0.4, -0.2) is 28.6 Å². The highest BCUT2D eigenvalue weighted by atomic mass is 32.2. The fraction of sp³-hybridized carbons (Fsp3) is 0.296. The van der Waals surface area contributed by atoms with Crippen molar-refractivity contribution in [1.82, 2.24) is 10.2 Å². The highest BCUT2D eigenvalue weighted by Crippen LogP contribution is 2.45. The number of aliphatic imine (C=N–C) groups is 1. The summed E-state index contributed by atoms with van der Waals surface area (Å²) in [6.07, 6.45) is 0.190. The van der Waals surface area contributed by atoms with Crippen LogP contribution in [0.25, 0.3) is 0 Å². The molecule has 4 rings (SSSR count). The topological polar surface area (TPSA) is 71.0 Å². The summed E-state index contributed by atoms with van der Waals surface area (Å²) in [4.78, 5) is 32.6. The first-order chi connectivity index (χ1) is 16.4. The van der Waals surface area contributed by atoms with Crippen molar-refractivity contribution in [2.75, 3.05) is 6.61 Å². The zero-order valence-electron chi connectivity index (χ0n) is 19.9. The molecule has 2 aromatic rings. The van der Waals surface area contributed by atoms with Crippen LogP contribution in [0.1, 0.15) is 48.6 Å². The molecule has 176 valence electrons. The Morgan fingerprint density at radius 2 is 1.88 bits per heavy atom. The van der Waals surface area contributed by atoms with E-state index >= 15 is 0 Å². The van der Waals surface area contributed by atoms with Gasteiger partial charge in [0.1, 0.15) is 0 Å². The number of thioether (sulfide) groups is 1. The summed E-state index contributed by atoms with van der Waals surface area (Å²) in [6, 6.07) is 15.6. The number of amides is 1. The number of aryl methyl sites for hydroxylation is 2. The number of benzene rings is 2. The zero-order valence-corrected chi connectivity index (χ0v) is 20.7. The summed E-state index contributed by atoms with van der Waals surface area (Å²) in [7, 11) is 0. The number of rotatable bonds is 7. The van der Waals surface area contributed by atoms with Gasteiger partial charge in [0.15, 0.2) is 5.17 Å². The summed E-state index contributed by atoms with van der Waals surface area (Å²) >= 11 is 1.48. The van der Waals surface area contributed by atoms with E-state index in [4.69, 9.17) is 9.73 Å². The third-order valence-electron chi connectivity index (χ3n) is 5.89. The largest absolute Gasteiger partial charge is 0.463 e. The Hall–Kier alpha value is -3.32. The number of carbonyl (C=O) groups excluding carboxylic acids is 2. The number of carbonyl (C=O) groups is 2. The predicted octanol–water partition coefficient (Wildman–Crippen LogP) is 5.15. The number of nitrogens with one attached hydrogen (secondary N) is 1. The Bertz CT molecular complexity index is 1200. The molecular weight excluding hydrogens is 446 g/mol. The summed E-state index contributed by atoms with van der Waals surface area (Å²) in [5, 5.41) is 5.72. The number of esters is 1. The lowest BCUT2D eigenvalue weighted by Crippen LogP contribution is -2.38. The molecule has 7 heteroatoms. The van der Waals surface area contributed by atoms with E-state index in [0.717, 1.165) is 33.1 Å². The van der Waals surface area contributed by atoms with Crippen LogP contribution in [0.5, 0.6) is 0 Å². The number of hydrogen-bond donors (Lipinski definition) is 1. The molecule has 1 atom stereocenters. The van der Waals surface area contributed by atoms with Gasteiger partial charge in [0.2, 0.25) is 5.91 Å². The van der Waals surface area contributed by atoms with Gasteiger partial charge in [-0.2, -0.15) is 0 Å². The number of amidine groups is 1. The van der Waals surface area contributed by atoms with E-state index in [1.165, 1.54) is 11.8 Å². The Morgan fingerprint density at radius 3 is 2.59 bits per heavy atom. The van der Waals surface area contributed by atoms with Gasteiger partial charge >= 0.3 is 5.97 Å². The van der Waals surface area contributed by atoms with Gasteiger partial charge in [-0.3, -0.25) is 4.79 Å². The van der Waals surface area contributed by atoms with Gasteiger partial charge in [0, 0.05) is 12.2 Å². The highest BCUT2D eigenvalue weighted by Gasteiger charge is 2.41. The van der Waals surface area contributed by atoms with Crippen LogP contribution in [0.3, 0.4) is 0 Å². The fourth-order valence-corrected chi connectivity index (χ4v) is 5.25. The van der Waals surface area contributed by atoms with E-state index in [9.17, 15) is 9.59 Å². The SMILES string of the molecule is CCOC(=O)C1=C(C)N=C2SC=C(CC(=O)NCc3ccccc3)N2[C@H]1c1ccc(C)cc1C. The van der Waals surface area contributed by atoms with Crippen LogP contribution < -0.4 is 5.32 Å². The minimum atomic E-state index is -0.407. The minimum absolute atomic E-state index is 0.0831. The van der Waals surface area contributed by atoms with Gasteiger partial charge in [-0.1, -0.05) is 65.9 Å². The van der Waals surface area contributed by atoms with Gasteiger partial charge in [0.05, 0.1) is 30.3 Å². The van der Waals surface area contributed by atoms with Crippen LogP contribution in [0.15, 0.2) is 75.9 Å². The highest BCUT2D eigenvalue weighted by molar-refractivity contribution is 8.16. The van der Waals surface area contributed by atoms with E-state index in [0.29, 0.717) is 17.8 Å². The number of hydrogen-bond acceptors (Lipinski definition) is 6. The molecule has 0 spiro atoms. The number of nitrogens with zero attached hydrogens (tertiary/aromatic N) is 2. The molecule has 1 N–H and O–H groups in total. The third-order valence-corrected chi connectivity index (χ3v) is 6.78. The second kappa shape index (κ2) is 10.3. The fourth-order valence-electron chi connectivity index (χ4n) is 4.29. The molecule has 0 saturated carbocycles. The van der Waals surface area contributed by atoms with Crippen LogP contribution >= 0.6 is 11.8 Å². The standard InChI is InChI=1S/C27H29N3O3S/c1-5-33-26(32)24-19(4)29-27-30(25(24)22-12-11-17(2)13-18(22)3)21(16-34-27)14-23(31)28-15-20-9-7-6-8-10-20/h6-13,16,25H,5,14-15H2,1-4H3,(H,28,31)/t25-/m0/s1. The van der Waals surface area contributed by atoms with E-state index in [1.54, 1.807) is 6.92 Å². The first kappa shape index (κ1) is 23.8. The second-order valence-electron chi connectivity index (χ2n) is 8.41. The Balaban J connectivity index is 1.64. The van der Waals surface area contributed by atoms with Gasteiger partial charge in [-0.05, 0) is 49.8 Å². The second-order valence-corrected chi connectivity index (χ2v) is 9.25. The Labute approximate surface area is 204 Å². The molecular formula is C27H29N3O3S. The van der Waals surface area contributed by atoms with E-state index in [-0.39, 0.29) is 24.9 Å². The molecule has 34 heavy (non-hydrogen) atoms. The predicted molar refractivity (Wildman–Crippen MR) is 136 cm³/mol. The van der Waals surface area contributed by atoms with Crippen molar-refractivity contribution in [3.8, 4) is 0 Å². The van der Waals surface area contributed by atoms with Gasteiger partial charge < -0.3 is 15.0 Å². The van der Waals surface area contributed by atoms with Crippen molar-refractivity contribution in [3.05, 3.63) is 93.2 Å². The monoisotopic (exact) mass is 475 g/mol.